The van der Waals surface area contributed by atoms with Crippen LogP contribution in [0.3, 0.4) is 0 Å². The molecule has 0 aliphatic carbocycles. The average Bonchev–Trinajstić information content (AvgIpc) is 3.27. The summed E-state index contributed by atoms with van der Waals surface area (Å²) >= 11 is 1.32. The number of carbonyl (C=O) groups is 1. The second-order valence-electron chi connectivity index (χ2n) is 5.55. The summed E-state index contributed by atoms with van der Waals surface area (Å²) in [6.07, 6.45) is 1.90. The molecule has 0 saturated carbocycles. The summed E-state index contributed by atoms with van der Waals surface area (Å²) in [7, 11) is 0. The molecule has 5 nitrogen and oxygen atoms in total. The van der Waals surface area contributed by atoms with Gasteiger partial charge in [-0.15, -0.1) is 11.3 Å². The van der Waals surface area contributed by atoms with Crippen molar-refractivity contribution in [1.29, 1.82) is 0 Å². The number of fused-ring (bicyclic) bond motifs is 1. The average molecular weight is 367 g/mol. The number of aromatic amines is 1. The number of carbonyl (C=O) groups excluding carboxylic acids is 1. The van der Waals surface area contributed by atoms with Gasteiger partial charge in [0.05, 0.1) is 5.69 Å². The zero-order valence-corrected chi connectivity index (χ0v) is 14.3. The van der Waals surface area contributed by atoms with Gasteiger partial charge in [0.1, 0.15) is 0 Å². The molecular weight excluding hydrogens is 353 g/mol. The van der Waals surface area contributed by atoms with E-state index in [9.17, 15) is 9.18 Å². The molecule has 2 N–H and O–H groups in total. The summed E-state index contributed by atoms with van der Waals surface area (Å²) in [6, 6.07) is 13.9. The normalized spacial score (nSPS) is 10.8. The minimum atomic E-state index is -0.504. The maximum Gasteiger partial charge on any atom is 0.264 e. The molecule has 0 unspecified atom stereocenters. The minimum absolute atomic E-state index is 0.0428. The molecule has 2 aromatic heterocycles. The van der Waals surface area contributed by atoms with Gasteiger partial charge in [0.2, 0.25) is 0 Å². The lowest BCUT2D eigenvalue weighted by atomic mass is 10.1. The van der Waals surface area contributed by atoms with Crippen LogP contribution < -0.4 is 10.1 Å². The number of hydrogen-bond acceptors (Lipinski definition) is 4. The highest BCUT2D eigenvalue weighted by Crippen LogP contribution is 2.30. The number of ether oxygens (including phenoxy) is 1. The summed E-state index contributed by atoms with van der Waals surface area (Å²) in [6.45, 7) is -0.289. The third-order valence-corrected chi connectivity index (χ3v) is 4.57. The summed E-state index contributed by atoms with van der Waals surface area (Å²) in [4.78, 5) is 19.7. The van der Waals surface area contributed by atoms with E-state index in [-0.39, 0.29) is 12.4 Å². The van der Waals surface area contributed by atoms with Gasteiger partial charge >= 0.3 is 0 Å². The Bertz CT molecular complexity index is 1070. The molecule has 0 atom stereocenters. The molecule has 0 fully saturated rings. The van der Waals surface area contributed by atoms with Gasteiger partial charge in [0, 0.05) is 28.0 Å². The molecular formula is C19H14FN3O2S. The Morgan fingerprint density at radius 1 is 1.19 bits per heavy atom. The van der Waals surface area contributed by atoms with Crippen LogP contribution in [0.2, 0.25) is 0 Å². The molecule has 1 amide bonds. The van der Waals surface area contributed by atoms with Crippen molar-refractivity contribution in [2.24, 2.45) is 0 Å². The molecule has 26 heavy (non-hydrogen) atoms. The Kier molecular flexibility index (Phi) is 4.37. The number of anilines is 1. The fraction of sp³-hybridized carbons (Fsp3) is 0.0526. The molecule has 4 aromatic rings. The molecule has 2 aromatic carbocycles. The Balaban J connectivity index is 1.43. The van der Waals surface area contributed by atoms with Crippen LogP contribution in [0.1, 0.15) is 0 Å². The molecule has 0 radical (unpaired) electrons. The van der Waals surface area contributed by atoms with Crippen molar-refractivity contribution in [3.05, 3.63) is 65.9 Å². The van der Waals surface area contributed by atoms with Crippen molar-refractivity contribution in [3.8, 4) is 17.0 Å². The van der Waals surface area contributed by atoms with Crippen LogP contribution in [0.25, 0.3) is 22.2 Å². The first-order valence-corrected chi connectivity index (χ1v) is 8.78. The van der Waals surface area contributed by atoms with E-state index in [4.69, 9.17) is 4.74 Å². The fourth-order valence-electron chi connectivity index (χ4n) is 2.60. The molecule has 0 bridgehead atoms. The highest BCUT2D eigenvalue weighted by atomic mass is 32.1. The summed E-state index contributed by atoms with van der Waals surface area (Å²) in [5, 5.41) is 6.08. The first-order chi connectivity index (χ1) is 12.7. The van der Waals surface area contributed by atoms with E-state index in [1.807, 2.05) is 35.8 Å². The smallest absolute Gasteiger partial charge is 0.264 e. The molecule has 2 heterocycles. The summed E-state index contributed by atoms with van der Waals surface area (Å²) in [5.74, 6) is -0.856. The lowest BCUT2D eigenvalue weighted by Gasteiger charge is -2.06. The summed E-state index contributed by atoms with van der Waals surface area (Å²) in [5.41, 5.74) is 2.78. The van der Waals surface area contributed by atoms with Gasteiger partial charge in [0.25, 0.3) is 5.91 Å². The maximum atomic E-state index is 13.5. The van der Waals surface area contributed by atoms with Gasteiger partial charge < -0.3 is 9.72 Å². The SMILES string of the molecule is O=C(COc1ccccc1F)Nc1nc(-c2c[nH]c3ccccc23)cs1. The number of nitrogens with zero attached hydrogens (tertiary/aromatic N) is 1. The van der Waals surface area contributed by atoms with Gasteiger partial charge in [-0.2, -0.15) is 0 Å². The van der Waals surface area contributed by atoms with E-state index in [1.54, 1.807) is 12.1 Å². The zero-order valence-electron chi connectivity index (χ0n) is 13.5. The molecule has 0 aliphatic rings. The van der Waals surface area contributed by atoms with E-state index in [0.717, 1.165) is 22.2 Å². The van der Waals surface area contributed by atoms with Crippen molar-refractivity contribution in [2.45, 2.75) is 0 Å². The molecule has 4 rings (SSSR count). The van der Waals surface area contributed by atoms with Crippen LogP contribution >= 0.6 is 11.3 Å². The standard InChI is InChI=1S/C19H14FN3O2S/c20-14-6-2-4-8-17(14)25-10-18(24)23-19-22-16(11-26-19)13-9-21-15-7-3-1-5-12(13)15/h1-9,11,21H,10H2,(H,22,23,24). The second kappa shape index (κ2) is 6.97. The first-order valence-electron chi connectivity index (χ1n) is 7.90. The number of hydrogen-bond donors (Lipinski definition) is 2. The second-order valence-corrected chi connectivity index (χ2v) is 6.41. The lowest BCUT2D eigenvalue weighted by Crippen LogP contribution is -2.20. The Morgan fingerprint density at radius 3 is 2.88 bits per heavy atom. The lowest BCUT2D eigenvalue weighted by molar-refractivity contribution is -0.118. The van der Waals surface area contributed by atoms with Crippen molar-refractivity contribution in [2.75, 3.05) is 11.9 Å². The number of benzene rings is 2. The first kappa shape index (κ1) is 16.3. The highest BCUT2D eigenvalue weighted by Gasteiger charge is 2.12. The van der Waals surface area contributed by atoms with Crippen LogP contribution in [0, 0.1) is 5.82 Å². The van der Waals surface area contributed by atoms with Gasteiger partial charge in [-0.25, -0.2) is 9.37 Å². The maximum absolute atomic E-state index is 13.5. The number of rotatable bonds is 5. The van der Waals surface area contributed by atoms with Crippen LogP contribution in [-0.4, -0.2) is 22.5 Å². The van der Waals surface area contributed by atoms with Crippen molar-refractivity contribution in [3.63, 3.8) is 0 Å². The largest absolute Gasteiger partial charge is 0.481 e. The molecule has 0 saturated heterocycles. The molecule has 130 valence electrons. The van der Waals surface area contributed by atoms with E-state index >= 15 is 0 Å². The third kappa shape index (κ3) is 3.29. The van der Waals surface area contributed by atoms with Crippen LogP contribution in [0.15, 0.2) is 60.1 Å². The molecule has 0 aliphatic heterocycles. The van der Waals surface area contributed by atoms with E-state index in [0.29, 0.717) is 5.13 Å². The number of thiazole rings is 1. The Morgan fingerprint density at radius 2 is 2.00 bits per heavy atom. The number of para-hydroxylation sites is 2. The number of amides is 1. The molecule has 7 heteroatoms. The molecule has 0 spiro atoms. The van der Waals surface area contributed by atoms with E-state index < -0.39 is 11.7 Å². The monoisotopic (exact) mass is 367 g/mol. The van der Waals surface area contributed by atoms with Crippen LogP contribution in [-0.2, 0) is 4.79 Å². The zero-order chi connectivity index (χ0) is 17.9. The van der Waals surface area contributed by atoms with Crippen LogP contribution in [0.4, 0.5) is 9.52 Å². The predicted octanol–water partition coefficient (Wildman–Crippen LogP) is 4.45. The van der Waals surface area contributed by atoms with Gasteiger partial charge in [-0.05, 0) is 18.2 Å². The van der Waals surface area contributed by atoms with Gasteiger partial charge in [-0.3, -0.25) is 10.1 Å². The van der Waals surface area contributed by atoms with Crippen molar-refractivity contribution >= 4 is 33.3 Å². The van der Waals surface area contributed by atoms with Crippen molar-refractivity contribution in [1.82, 2.24) is 9.97 Å². The number of H-pyrrole nitrogens is 1. The highest BCUT2D eigenvalue weighted by molar-refractivity contribution is 7.14. The Hall–Kier alpha value is -3.19. The third-order valence-electron chi connectivity index (χ3n) is 3.81. The summed E-state index contributed by atoms with van der Waals surface area (Å²) < 4.78 is 18.7. The van der Waals surface area contributed by atoms with Gasteiger partial charge in [0.15, 0.2) is 23.3 Å². The number of aromatic nitrogens is 2. The fourth-order valence-corrected chi connectivity index (χ4v) is 3.33. The predicted molar refractivity (Wildman–Crippen MR) is 99.9 cm³/mol. The minimum Gasteiger partial charge on any atom is -0.481 e. The van der Waals surface area contributed by atoms with Gasteiger partial charge in [-0.1, -0.05) is 30.3 Å². The Labute approximate surface area is 152 Å². The quantitative estimate of drug-likeness (QED) is 0.548. The topological polar surface area (TPSA) is 67.0 Å². The number of nitrogens with one attached hydrogen (secondary N) is 2. The van der Waals surface area contributed by atoms with E-state index in [2.05, 4.69) is 15.3 Å². The van der Waals surface area contributed by atoms with Crippen molar-refractivity contribution < 1.29 is 13.9 Å². The van der Waals surface area contributed by atoms with E-state index in [1.165, 1.54) is 23.5 Å². The van der Waals surface area contributed by atoms with Crippen LogP contribution in [0.5, 0.6) is 5.75 Å². The number of halogens is 1.